The van der Waals surface area contributed by atoms with Gasteiger partial charge in [-0.15, -0.1) is 0 Å². The van der Waals surface area contributed by atoms with Crippen molar-refractivity contribution in [2.75, 3.05) is 19.6 Å². The van der Waals surface area contributed by atoms with Crippen molar-refractivity contribution in [2.24, 2.45) is 5.92 Å². The topological polar surface area (TPSA) is 90.3 Å². The van der Waals surface area contributed by atoms with E-state index >= 15 is 0 Å². The lowest BCUT2D eigenvalue weighted by Gasteiger charge is -2.43. The molecule has 1 amide bonds. The third kappa shape index (κ3) is 5.12. The summed E-state index contributed by atoms with van der Waals surface area (Å²) in [7, 11) is 0. The highest BCUT2D eigenvalue weighted by atomic mass is 32.2. The number of ether oxygens (including phenoxy) is 1. The van der Waals surface area contributed by atoms with Gasteiger partial charge in [0.2, 0.25) is 5.91 Å². The van der Waals surface area contributed by atoms with Crippen LogP contribution in [0.1, 0.15) is 33.3 Å². The second-order valence-corrected chi connectivity index (χ2v) is 8.05. The molecular weight excluding hydrogens is 392 g/mol. The Balaban J connectivity index is 0.000000370. The number of fused-ring (bicyclic) bond motifs is 1. The first-order chi connectivity index (χ1) is 13.7. The third-order valence-corrected chi connectivity index (χ3v) is 6.28. The van der Waals surface area contributed by atoms with Gasteiger partial charge in [0.05, 0.1) is 12.0 Å². The molecule has 7 nitrogen and oxygen atoms in total. The zero-order valence-electron chi connectivity index (χ0n) is 17.6. The maximum atomic E-state index is 12.0. The van der Waals surface area contributed by atoms with Gasteiger partial charge in [-0.1, -0.05) is 50.2 Å². The second-order valence-electron chi connectivity index (χ2n) is 6.96. The molecule has 2 heterocycles. The van der Waals surface area contributed by atoms with Crippen LogP contribution in [0.2, 0.25) is 0 Å². The van der Waals surface area contributed by atoms with E-state index in [1.54, 1.807) is 12.1 Å². The van der Waals surface area contributed by atoms with E-state index in [1.165, 1.54) is 31.5 Å². The van der Waals surface area contributed by atoms with Crippen LogP contribution in [0.15, 0.2) is 35.1 Å². The fourth-order valence-electron chi connectivity index (χ4n) is 3.21. The van der Waals surface area contributed by atoms with E-state index in [4.69, 9.17) is 4.74 Å². The Morgan fingerprint density at radius 1 is 1.21 bits per heavy atom. The molecule has 0 radical (unpaired) electrons. The van der Waals surface area contributed by atoms with Gasteiger partial charge in [0, 0.05) is 0 Å². The van der Waals surface area contributed by atoms with Crippen LogP contribution in [0.25, 0.3) is 0 Å². The molecular formula is C21H30N2O5S. The van der Waals surface area contributed by atoms with Crippen molar-refractivity contribution in [3.8, 4) is 5.75 Å². The molecule has 160 valence electrons. The van der Waals surface area contributed by atoms with Gasteiger partial charge < -0.3 is 19.8 Å². The highest BCUT2D eigenvalue weighted by molar-refractivity contribution is 8.03. The highest BCUT2D eigenvalue weighted by Crippen LogP contribution is 2.50. The van der Waals surface area contributed by atoms with Crippen molar-refractivity contribution in [3.63, 3.8) is 0 Å². The van der Waals surface area contributed by atoms with E-state index in [0.29, 0.717) is 5.75 Å². The summed E-state index contributed by atoms with van der Waals surface area (Å²) in [6.07, 6.45) is -0.824. The Hall–Kier alpha value is -2.03. The van der Waals surface area contributed by atoms with E-state index in [2.05, 4.69) is 25.7 Å². The number of carbonyl (C=O) groups excluding carboxylic acids is 1. The van der Waals surface area contributed by atoms with Crippen molar-refractivity contribution in [3.05, 3.63) is 40.6 Å². The van der Waals surface area contributed by atoms with Crippen molar-refractivity contribution >= 4 is 23.6 Å². The average Bonchev–Trinajstić information content (AvgIpc) is 2.99. The van der Waals surface area contributed by atoms with Crippen LogP contribution in [0, 0.1) is 12.8 Å². The fraction of sp³-hybridized carbons (Fsp3) is 0.524. The minimum Gasteiger partial charge on any atom is -0.476 e. The molecule has 3 atom stereocenters. The molecule has 2 aliphatic heterocycles. The Morgan fingerprint density at radius 2 is 1.76 bits per heavy atom. The summed E-state index contributed by atoms with van der Waals surface area (Å²) in [5.74, 6) is -1.68. The number of hydrogen-bond donors (Lipinski definition) is 2. The summed E-state index contributed by atoms with van der Waals surface area (Å²) in [6, 6.07) is 7.20. The minimum absolute atomic E-state index is 0.155. The molecule has 0 aromatic heterocycles. The number of rotatable bonds is 7. The molecule has 1 aromatic rings. The first-order valence-corrected chi connectivity index (χ1v) is 10.7. The van der Waals surface area contributed by atoms with Gasteiger partial charge in [0.1, 0.15) is 11.1 Å². The van der Waals surface area contributed by atoms with Crippen molar-refractivity contribution in [1.82, 2.24) is 9.80 Å². The lowest BCUT2D eigenvalue weighted by atomic mass is 9.92. The molecule has 0 aliphatic carbocycles. The normalized spacial score (nSPS) is 21.3. The number of nitrogens with zero attached hydrogens (tertiary/aromatic N) is 2. The van der Waals surface area contributed by atoms with E-state index in [-0.39, 0.29) is 16.7 Å². The Kier molecular flexibility index (Phi) is 8.13. The second kappa shape index (κ2) is 10.1. The first-order valence-electron chi connectivity index (χ1n) is 9.87. The standard InChI is InChI=1S/C15H15NO5S.C6H15N/c1-7-3-5-9(6-4-7)21-15-11(14(19)20)16-12(18)10(8(2)17)13(16)22-15;1-4-7(5-2)6-3/h3-6,8,10,13,17H,1-2H3,(H,19,20);4-6H2,1-3H3/t8-,10+,13-;/m1./s1. The highest BCUT2D eigenvalue weighted by Gasteiger charge is 2.58. The SMILES string of the molecule is CCN(CC)CC.Cc1ccc(OC2=C(C(=O)O)N3C(=O)[C@H]([C@@H](C)O)[C@H]3S2)cc1. The van der Waals surface area contributed by atoms with Gasteiger partial charge in [-0.3, -0.25) is 9.69 Å². The summed E-state index contributed by atoms with van der Waals surface area (Å²) >= 11 is 1.16. The number of carboxylic acids is 1. The molecule has 0 bridgehead atoms. The van der Waals surface area contributed by atoms with E-state index in [1.807, 2.05) is 19.1 Å². The number of β-lactam (4-membered cyclic amide) rings is 1. The summed E-state index contributed by atoms with van der Waals surface area (Å²) in [5, 5.41) is 18.8. The maximum absolute atomic E-state index is 12.0. The first kappa shape index (κ1) is 23.3. The number of carboxylic acid groups (broad SMARTS) is 1. The molecule has 29 heavy (non-hydrogen) atoms. The molecule has 8 heteroatoms. The largest absolute Gasteiger partial charge is 0.476 e. The maximum Gasteiger partial charge on any atom is 0.357 e. The molecule has 0 spiro atoms. The molecule has 0 saturated carbocycles. The Bertz CT molecular complexity index is 753. The number of hydrogen-bond acceptors (Lipinski definition) is 6. The van der Waals surface area contributed by atoms with Gasteiger partial charge in [-0.2, -0.15) is 0 Å². The molecule has 1 saturated heterocycles. The predicted molar refractivity (Wildman–Crippen MR) is 113 cm³/mol. The molecule has 2 N–H and O–H groups in total. The fourth-order valence-corrected chi connectivity index (χ4v) is 4.67. The smallest absolute Gasteiger partial charge is 0.357 e. The minimum atomic E-state index is -1.21. The average molecular weight is 423 g/mol. The number of aryl methyl sites for hydroxylation is 1. The summed E-state index contributed by atoms with van der Waals surface area (Å²) < 4.78 is 5.65. The number of amides is 1. The van der Waals surface area contributed by atoms with E-state index in [0.717, 1.165) is 17.3 Å². The monoisotopic (exact) mass is 422 g/mol. The quantitative estimate of drug-likeness (QED) is 0.653. The number of aliphatic hydroxyl groups excluding tert-OH is 1. The number of aliphatic carboxylic acids is 1. The number of thioether (sulfide) groups is 1. The van der Waals surface area contributed by atoms with Crippen LogP contribution < -0.4 is 4.74 Å². The van der Waals surface area contributed by atoms with Gasteiger partial charge in [-0.05, 0) is 45.6 Å². The van der Waals surface area contributed by atoms with E-state index < -0.39 is 23.4 Å². The van der Waals surface area contributed by atoms with Crippen LogP contribution in [0.5, 0.6) is 5.75 Å². The van der Waals surface area contributed by atoms with Crippen molar-refractivity contribution in [2.45, 2.75) is 46.1 Å². The molecule has 3 rings (SSSR count). The Labute approximate surface area is 176 Å². The predicted octanol–water partition coefficient (Wildman–Crippen LogP) is 2.89. The zero-order valence-corrected chi connectivity index (χ0v) is 18.4. The van der Waals surface area contributed by atoms with Crippen LogP contribution in [0.4, 0.5) is 0 Å². The lowest BCUT2D eigenvalue weighted by molar-refractivity contribution is -0.156. The van der Waals surface area contributed by atoms with Gasteiger partial charge in [0.15, 0.2) is 10.8 Å². The van der Waals surface area contributed by atoms with Crippen molar-refractivity contribution < 1.29 is 24.5 Å². The number of aliphatic hydroxyl groups is 1. The van der Waals surface area contributed by atoms with Gasteiger partial charge in [0.25, 0.3) is 0 Å². The number of carbonyl (C=O) groups is 2. The number of benzene rings is 1. The van der Waals surface area contributed by atoms with E-state index in [9.17, 15) is 19.8 Å². The van der Waals surface area contributed by atoms with Gasteiger partial charge >= 0.3 is 5.97 Å². The molecule has 0 unspecified atom stereocenters. The lowest BCUT2D eigenvalue weighted by Crippen LogP contribution is -2.60. The molecule has 1 fully saturated rings. The van der Waals surface area contributed by atoms with Crippen LogP contribution in [0.3, 0.4) is 0 Å². The molecule has 1 aromatic carbocycles. The summed E-state index contributed by atoms with van der Waals surface area (Å²) in [4.78, 5) is 27.1. The van der Waals surface area contributed by atoms with Crippen molar-refractivity contribution in [1.29, 1.82) is 0 Å². The summed E-state index contributed by atoms with van der Waals surface area (Å²) in [5.41, 5.74) is 0.907. The van der Waals surface area contributed by atoms with Gasteiger partial charge in [-0.25, -0.2) is 4.79 Å². The van der Waals surface area contributed by atoms with Crippen LogP contribution in [-0.4, -0.2) is 63.0 Å². The van der Waals surface area contributed by atoms with Crippen LogP contribution in [-0.2, 0) is 9.59 Å². The molecule has 2 aliphatic rings. The zero-order chi connectivity index (χ0) is 21.7. The van der Waals surface area contributed by atoms with Crippen LogP contribution >= 0.6 is 11.8 Å². The Morgan fingerprint density at radius 3 is 2.17 bits per heavy atom. The summed E-state index contributed by atoms with van der Waals surface area (Å²) in [6.45, 7) is 13.6. The third-order valence-electron chi connectivity index (χ3n) is 5.04.